The van der Waals surface area contributed by atoms with Gasteiger partial charge in [0.15, 0.2) is 33.0 Å². The molecule has 1 aliphatic carbocycles. The standard InChI is InChI=1S/C33H21Cl2F5N4O5/c1-2-7-15-8-6-11-18(27(15)45)20-17-12-13-41-30(48)42(16-9-4-3-5-10-16)31(49)44(41)19(17)14-32(34)28(46)43(29(47)33(20,32)35)26-24(39)22(37)21(36)23(38)25(26)40/h2-6,8-12,19-20,45H,1,7,13-14H2/t19-,20-,32-,33+/m1/s1. The molecular weight excluding hydrogens is 698 g/mol. The molecule has 3 heterocycles. The second-order valence-corrected chi connectivity index (χ2v) is 13.0. The van der Waals surface area contributed by atoms with E-state index in [2.05, 4.69) is 6.58 Å². The van der Waals surface area contributed by atoms with Crippen LogP contribution in [0.3, 0.4) is 0 Å². The highest BCUT2D eigenvalue weighted by Gasteiger charge is 2.76. The van der Waals surface area contributed by atoms with Crippen molar-refractivity contribution in [1.29, 1.82) is 0 Å². The SMILES string of the molecule is C=CCc1cccc([C@H]2C3=CCn4c(=O)n(-c5ccccc5)c(=O)n4[C@@H]3C[C@@]3(Cl)C(=O)N(c4c(F)c(F)c(F)c(F)c4F)C(=O)[C@@]23Cl)c1O. The van der Waals surface area contributed by atoms with Gasteiger partial charge >= 0.3 is 11.4 Å². The van der Waals surface area contributed by atoms with Crippen LogP contribution in [0.25, 0.3) is 5.69 Å². The molecule has 49 heavy (non-hydrogen) atoms. The third-order valence-corrected chi connectivity index (χ3v) is 10.7. The number of phenolic OH excluding ortho intramolecular Hbond substituents is 1. The zero-order chi connectivity index (χ0) is 35.3. The predicted octanol–water partition coefficient (Wildman–Crippen LogP) is 5.13. The lowest BCUT2D eigenvalue weighted by atomic mass is 9.64. The maximum atomic E-state index is 15.2. The highest BCUT2D eigenvalue weighted by molar-refractivity contribution is 6.58. The number of imide groups is 1. The lowest BCUT2D eigenvalue weighted by molar-refractivity contribution is -0.122. The Morgan fingerprint density at radius 3 is 2.12 bits per heavy atom. The third kappa shape index (κ3) is 4.10. The van der Waals surface area contributed by atoms with Crippen molar-refractivity contribution in [3.05, 3.63) is 134 Å². The first-order valence-electron chi connectivity index (χ1n) is 14.6. The summed E-state index contributed by atoms with van der Waals surface area (Å²) in [7, 11) is 0. The van der Waals surface area contributed by atoms with Crippen molar-refractivity contribution in [3.63, 3.8) is 0 Å². The summed E-state index contributed by atoms with van der Waals surface area (Å²) < 4.78 is 76.2. The van der Waals surface area contributed by atoms with E-state index in [1.165, 1.54) is 42.5 Å². The minimum atomic E-state index is -2.79. The molecule has 4 atom stereocenters. The largest absolute Gasteiger partial charge is 0.507 e. The number of allylic oxidation sites excluding steroid dienone is 3. The van der Waals surface area contributed by atoms with Gasteiger partial charge in [-0.2, -0.15) is 0 Å². The molecule has 3 aliphatic rings. The van der Waals surface area contributed by atoms with Gasteiger partial charge in [0.25, 0.3) is 11.8 Å². The first-order chi connectivity index (χ1) is 23.2. The van der Waals surface area contributed by atoms with Crippen LogP contribution < -0.4 is 16.3 Å². The van der Waals surface area contributed by atoms with Crippen molar-refractivity contribution < 1.29 is 36.6 Å². The molecule has 1 saturated heterocycles. The van der Waals surface area contributed by atoms with Gasteiger partial charge < -0.3 is 5.11 Å². The molecule has 252 valence electrons. The van der Waals surface area contributed by atoms with Crippen molar-refractivity contribution >= 4 is 40.7 Å². The summed E-state index contributed by atoms with van der Waals surface area (Å²) in [5.41, 5.74) is -3.07. The maximum Gasteiger partial charge on any atom is 0.352 e. The van der Waals surface area contributed by atoms with Crippen LogP contribution in [-0.4, -0.2) is 40.6 Å². The van der Waals surface area contributed by atoms with Gasteiger partial charge in [0.1, 0.15) is 11.4 Å². The number of nitrogens with zero attached hydrogens (tertiary/aromatic N) is 4. The Kier molecular flexibility index (Phi) is 7.34. The van der Waals surface area contributed by atoms with Crippen molar-refractivity contribution in [1.82, 2.24) is 13.9 Å². The predicted molar refractivity (Wildman–Crippen MR) is 167 cm³/mol. The van der Waals surface area contributed by atoms with E-state index in [4.69, 9.17) is 23.2 Å². The van der Waals surface area contributed by atoms with E-state index in [9.17, 15) is 37.5 Å². The Morgan fingerprint density at radius 1 is 0.857 bits per heavy atom. The van der Waals surface area contributed by atoms with Gasteiger partial charge in [0.05, 0.1) is 18.3 Å². The first-order valence-corrected chi connectivity index (χ1v) is 15.4. The van der Waals surface area contributed by atoms with Crippen LogP contribution in [0.15, 0.2) is 82.4 Å². The molecule has 0 bridgehead atoms. The lowest BCUT2D eigenvalue weighted by Crippen LogP contribution is -2.59. The quantitative estimate of drug-likeness (QED) is 0.0770. The molecule has 2 aliphatic heterocycles. The summed E-state index contributed by atoms with van der Waals surface area (Å²) in [5, 5.41) is 11.5. The number of alkyl halides is 2. The topological polar surface area (TPSA) is 107 Å². The minimum absolute atomic E-state index is 0.109. The van der Waals surface area contributed by atoms with Crippen LogP contribution in [0.1, 0.15) is 29.5 Å². The monoisotopic (exact) mass is 718 g/mol. The average molecular weight is 719 g/mol. The molecule has 2 amide bonds. The van der Waals surface area contributed by atoms with Gasteiger partial charge in [0, 0.05) is 17.9 Å². The number of rotatable bonds is 5. The van der Waals surface area contributed by atoms with E-state index in [0.29, 0.717) is 0 Å². The molecule has 16 heteroatoms. The van der Waals surface area contributed by atoms with Crippen molar-refractivity contribution in [2.45, 2.75) is 41.1 Å². The van der Waals surface area contributed by atoms with Crippen LogP contribution in [0.4, 0.5) is 27.6 Å². The highest BCUT2D eigenvalue weighted by Crippen LogP contribution is 2.65. The first kappa shape index (κ1) is 32.6. The molecule has 7 rings (SSSR count). The van der Waals surface area contributed by atoms with E-state index in [1.54, 1.807) is 18.2 Å². The van der Waals surface area contributed by atoms with Gasteiger partial charge in [-0.05, 0) is 29.7 Å². The van der Waals surface area contributed by atoms with Crippen LogP contribution in [0.5, 0.6) is 5.75 Å². The van der Waals surface area contributed by atoms with Crippen molar-refractivity contribution in [3.8, 4) is 11.4 Å². The number of carbonyl (C=O) groups is 2. The number of carbonyl (C=O) groups excluding carboxylic acids is 2. The number of halogens is 7. The fourth-order valence-electron chi connectivity index (χ4n) is 7.14. The Bertz CT molecular complexity index is 2280. The van der Waals surface area contributed by atoms with Crippen LogP contribution in [-0.2, 0) is 22.6 Å². The second kappa shape index (κ2) is 11.0. The Morgan fingerprint density at radius 2 is 1.49 bits per heavy atom. The van der Waals surface area contributed by atoms with Crippen LogP contribution in [0.2, 0.25) is 0 Å². The molecule has 3 aromatic carbocycles. The number of aromatic hydroxyl groups is 1. The molecule has 1 aromatic heterocycles. The zero-order valence-electron chi connectivity index (χ0n) is 24.8. The van der Waals surface area contributed by atoms with E-state index in [-0.39, 0.29) is 40.3 Å². The molecule has 4 aromatic rings. The number of anilines is 1. The second-order valence-electron chi connectivity index (χ2n) is 11.7. The molecule has 0 spiro atoms. The molecule has 0 radical (unpaired) electrons. The third-order valence-electron chi connectivity index (χ3n) is 9.33. The van der Waals surface area contributed by atoms with E-state index < -0.39 is 91.8 Å². The zero-order valence-corrected chi connectivity index (χ0v) is 26.3. The molecule has 1 saturated carbocycles. The number of para-hydroxylation sites is 2. The van der Waals surface area contributed by atoms with Crippen LogP contribution >= 0.6 is 23.2 Å². The number of fused-ring (bicyclic) bond motifs is 4. The van der Waals surface area contributed by atoms with Gasteiger partial charge in [-0.3, -0.25) is 9.59 Å². The lowest BCUT2D eigenvalue weighted by Gasteiger charge is -2.49. The summed E-state index contributed by atoms with van der Waals surface area (Å²) in [6, 6.07) is 10.9. The molecule has 1 N–H and O–H groups in total. The average Bonchev–Trinajstić information content (AvgIpc) is 3.43. The smallest absolute Gasteiger partial charge is 0.352 e. The normalized spacial score (nSPS) is 24.4. The number of benzene rings is 3. The molecule has 0 unspecified atom stereocenters. The van der Waals surface area contributed by atoms with Gasteiger partial charge in [0.2, 0.25) is 5.82 Å². The van der Waals surface area contributed by atoms with Crippen LogP contribution in [0, 0.1) is 29.1 Å². The van der Waals surface area contributed by atoms with E-state index >= 15 is 8.78 Å². The van der Waals surface area contributed by atoms with Gasteiger partial charge in [-0.1, -0.05) is 48.6 Å². The number of aromatic nitrogens is 3. The fourth-order valence-corrected chi connectivity index (χ4v) is 8.04. The summed E-state index contributed by atoms with van der Waals surface area (Å²) in [5.74, 6) is -17.8. The number of phenols is 1. The highest BCUT2D eigenvalue weighted by atomic mass is 35.5. The van der Waals surface area contributed by atoms with Gasteiger partial charge in [-0.15, -0.1) is 29.8 Å². The number of amides is 2. The van der Waals surface area contributed by atoms with E-state index in [0.717, 1.165) is 13.9 Å². The Labute approximate surface area is 282 Å². The Balaban J connectivity index is 1.52. The maximum absolute atomic E-state index is 15.2. The fraction of sp³-hybridized carbons (Fsp3) is 0.212. The van der Waals surface area contributed by atoms with Gasteiger partial charge in [-0.25, -0.2) is 50.4 Å². The molecule has 9 nitrogen and oxygen atoms in total. The number of hydrogen-bond acceptors (Lipinski definition) is 5. The summed E-state index contributed by atoms with van der Waals surface area (Å²) in [6.07, 6.45) is 2.26. The minimum Gasteiger partial charge on any atom is -0.507 e. The number of hydrogen-bond donors (Lipinski definition) is 1. The molecular formula is C33H21Cl2F5N4O5. The Hall–Kier alpha value is -4.95. The summed E-state index contributed by atoms with van der Waals surface area (Å²) in [4.78, 5) is 50.4. The van der Waals surface area contributed by atoms with E-state index in [1.807, 2.05) is 0 Å². The van der Waals surface area contributed by atoms with Crippen molar-refractivity contribution in [2.24, 2.45) is 0 Å². The summed E-state index contributed by atoms with van der Waals surface area (Å²) in [6.45, 7) is 3.38. The summed E-state index contributed by atoms with van der Waals surface area (Å²) >= 11 is 14.2. The van der Waals surface area contributed by atoms with Crippen molar-refractivity contribution in [2.75, 3.05) is 4.90 Å². The molecule has 2 fully saturated rings.